The number of aliphatic hydroxyl groups is 2. The minimum atomic E-state index is -0.807. The van der Waals surface area contributed by atoms with Crippen LogP contribution >= 0.6 is 12.2 Å². The van der Waals surface area contributed by atoms with E-state index in [-0.39, 0.29) is 13.0 Å². The Kier molecular flexibility index (Phi) is 4.24. The SMILES string of the molecule is CN(C1=NC2=NC=NC(=S)C2=N1)c1nc2cncnc2n1[C@H]1C[C@@H](O)[C@H](CO)O1. The summed E-state index contributed by atoms with van der Waals surface area (Å²) in [4.78, 5) is 31.8. The molecule has 2 aromatic rings. The van der Waals surface area contributed by atoms with E-state index in [1.165, 1.54) is 12.7 Å². The van der Waals surface area contributed by atoms with Crippen LogP contribution in [-0.2, 0) is 4.74 Å². The predicted molar refractivity (Wildman–Crippen MR) is 109 cm³/mol. The highest BCUT2D eigenvalue weighted by Crippen LogP contribution is 2.35. The average molecular weight is 413 g/mol. The molecule has 1 saturated heterocycles. The van der Waals surface area contributed by atoms with E-state index in [4.69, 9.17) is 17.0 Å². The van der Waals surface area contributed by atoms with Gasteiger partial charge in [0.05, 0.1) is 18.9 Å². The zero-order chi connectivity index (χ0) is 20.1. The largest absolute Gasteiger partial charge is 0.394 e. The summed E-state index contributed by atoms with van der Waals surface area (Å²) in [6.45, 7) is -0.290. The fraction of sp³-hybridized carbons (Fsp3) is 0.375. The molecule has 3 aliphatic rings. The van der Waals surface area contributed by atoms with Crippen LogP contribution in [0.15, 0.2) is 32.5 Å². The molecule has 3 aliphatic heterocycles. The van der Waals surface area contributed by atoms with Crippen LogP contribution in [0.4, 0.5) is 5.95 Å². The van der Waals surface area contributed by atoms with E-state index in [0.29, 0.717) is 39.6 Å². The molecule has 0 unspecified atom stereocenters. The number of fused-ring (bicyclic) bond motifs is 2. The van der Waals surface area contributed by atoms with Gasteiger partial charge in [-0.2, -0.15) is 4.99 Å². The number of guanidine groups is 1. The van der Waals surface area contributed by atoms with E-state index in [0.717, 1.165) is 0 Å². The number of aromatic nitrogens is 4. The normalized spacial score (nSPS) is 25.8. The van der Waals surface area contributed by atoms with Crippen LogP contribution in [0.2, 0.25) is 0 Å². The number of aliphatic hydroxyl groups excluding tert-OH is 2. The van der Waals surface area contributed by atoms with Gasteiger partial charge in [0.1, 0.15) is 36.2 Å². The molecule has 0 radical (unpaired) electrons. The Morgan fingerprint density at radius 3 is 3.00 bits per heavy atom. The fourth-order valence-electron chi connectivity index (χ4n) is 3.37. The van der Waals surface area contributed by atoms with E-state index in [1.54, 1.807) is 22.7 Å². The lowest BCUT2D eigenvalue weighted by molar-refractivity contribution is -0.0426. The van der Waals surface area contributed by atoms with Crippen molar-refractivity contribution in [3.05, 3.63) is 12.5 Å². The van der Waals surface area contributed by atoms with Gasteiger partial charge < -0.3 is 14.9 Å². The summed E-state index contributed by atoms with van der Waals surface area (Å²) in [5.74, 6) is 1.15. The van der Waals surface area contributed by atoms with E-state index < -0.39 is 18.4 Å². The minimum absolute atomic E-state index is 0.271. The summed E-state index contributed by atoms with van der Waals surface area (Å²) in [6, 6.07) is 0. The zero-order valence-electron chi connectivity index (χ0n) is 15.1. The van der Waals surface area contributed by atoms with Crippen LogP contribution in [0.3, 0.4) is 0 Å². The Labute approximate surface area is 169 Å². The van der Waals surface area contributed by atoms with Gasteiger partial charge in [-0.25, -0.2) is 29.9 Å². The van der Waals surface area contributed by atoms with Crippen molar-refractivity contribution < 1.29 is 14.9 Å². The highest BCUT2D eigenvalue weighted by Gasteiger charge is 2.38. The molecule has 0 aliphatic carbocycles. The van der Waals surface area contributed by atoms with Crippen LogP contribution in [0, 0.1) is 0 Å². The van der Waals surface area contributed by atoms with E-state index in [1.807, 2.05) is 0 Å². The summed E-state index contributed by atoms with van der Waals surface area (Å²) in [6.07, 6.45) is 2.53. The second-order valence-corrected chi connectivity index (χ2v) is 6.95. The molecule has 0 bridgehead atoms. The summed E-state index contributed by atoms with van der Waals surface area (Å²) in [5.41, 5.74) is 1.50. The molecule has 5 heterocycles. The maximum Gasteiger partial charge on any atom is 0.234 e. The number of amidine groups is 1. The minimum Gasteiger partial charge on any atom is -0.394 e. The van der Waals surface area contributed by atoms with Gasteiger partial charge in [-0.3, -0.25) is 9.47 Å². The average Bonchev–Trinajstić information content (AvgIpc) is 3.42. The van der Waals surface area contributed by atoms with Crippen LogP contribution in [0.25, 0.3) is 11.2 Å². The number of imidazole rings is 1. The van der Waals surface area contributed by atoms with Crippen molar-refractivity contribution in [2.45, 2.75) is 24.9 Å². The number of thiocarbonyl (C=S) groups is 1. The topological polar surface area (TPSA) is 146 Å². The third-order valence-corrected chi connectivity index (χ3v) is 5.09. The molecule has 2 aromatic heterocycles. The number of hydrogen-bond acceptors (Lipinski definition) is 11. The van der Waals surface area contributed by atoms with E-state index >= 15 is 0 Å². The molecule has 0 saturated carbocycles. The summed E-state index contributed by atoms with van der Waals surface area (Å²) >= 11 is 5.19. The van der Waals surface area contributed by atoms with Crippen LogP contribution < -0.4 is 4.90 Å². The molecule has 2 N–H and O–H groups in total. The lowest BCUT2D eigenvalue weighted by Gasteiger charge is -2.21. The highest BCUT2D eigenvalue weighted by molar-refractivity contribution is 7.82. The Bertz CT molecular complexity index is 1140. The molecule has 12 nitrogen and oxygen atoms in total. The number of ether oxygens (including phenoxy) is 1. The summed E-state index contributed by atoms with van der Waals surface area (Å²) < 4.78 is 7.57. The first kappa shape index (κ1) is 18.1. The number of nitrogens with zero attached hydrogens (tertiary/aromatic N) is 9. The Hall–Kier alpha value is -3.00. The Morgan fingerprint density at radius 2 is 2.24 bits per heavy atom. The van der Waals surface area contributed by atoms with Gasteiger partial charge in [-0.05, 0) is 0 Å². The van der Waals surface area contributed by atoms with Crippen molar-refractivity contribution >= 4 is 58.2 Å². The van der Waals surface area contributed by atoms with Gasteiger partial charge in [0, 0.05) is 13.5 Å². The van der Waals surface area contributed by atoms with Crippen molar-refractivity contribution in [1.82, 2.24) is 19.5 Å². The molecular weight excluding hydrogens is 398 g/mol. The second kappa shape index (κ2) is 6.81. The molecular formula is C16H15N9O3S. The second-order valence-electron chi connectivity index (χ2n) is 6.56. The predicted octanol–water partition coefficient (Wildman–Crippen LogP) is -0.518. The third-order valence-electron chi connectivity index (χ3n) is 4.80. The summed E-state index contributed by atoms with van der Waals surface area (Å²) in [7, 11) is 1.74. The van der Waals surface area contributed by atoms with Gasteiger partial charge in [0.15, 0.2) is 16.5 Å². The smallest absolute Gasteiger partial charge is 0.234 e. The Morgan fingerprint density at radius 1 is 1.38 bits per heavy atom. The standard InChI is InChI=1S/C16H15N9O3S/c1-24(15-22-11-12(23-15)18-6-20-14(11)29)16-21-7-3-17-5-19-13(7)25(16)10-2-8(27)9(4-26)28-10/h3,5-6,8-10,26-27H,2,4H2,1H3/t8-,9+,10-/m1/s1. The molecule has 3 atom stereocenters. The maximum atomic E-state index is 10.2. The van der Waals surface area contributed by atoms with Gasteiger partial charge in [-0.15, -0.1) is 0 Å². The Balaban J connectivity index is 1.58. The lowest BCUT2D eigenvalue weighted by atomic mass is 10.2. The molecule has 0 aromatic carbocycles. The first-order chi connectivity index (χ1) is 14.1. The van der Waals surface area contributed by atoms with Gasteiger partial charge in [0.2, 0.25) is 11.9 Å². The molecule has 13 heteroatoms. The van der Waals surface area contributed by atoms with Crippen LogP contribution in [-0.4, -0.2) is 84.4 Å². The molecule has 148 valence electrons. The number of rotatable bonds is 3. The number of anilines is 1. The first-order valence-electron chi connectivity index (χ1n) is 8.75. The van der Waals surface area contributed by atoms with E-state index in [2.05, 4.69) is 34.9 Å². The fourth-order valence-corrected chi connectivity index (χ4v) is 3.55. The molecule has 29 heavy (non-hydrogen) atoms. The molecule has 0 amide bonds. The zero-order valence-corrected chi connectivity index (χ0v) is 15.9. The summed E-state index contributed by atoms with van der Waals surface area (Å²) in [5, 5.41) is 19.6. The number of hydrogen-bond donors (Lipinski definition) is 2. The van der Waals surface area contributed by atoms with E-state index in [9.17, 15) is 10.2 Å². The number of aliphatic imine (C=N–C) groups is 4. The van der Waals surface area contributed by atoms with Crippen LogP contribution in [0.1, 0.15) is 12.6 Å². The van der Waals surface area contributed by atoms with Crippen LogP contribution in [0.5, 0.6) is 0 Å². The molecule has 0 spiro atoms. The third kappa shape index (κ3) is 2.86. The van der Waals surface area contributed by atoms with Gasteiger partial charge in [0.25, 0.3) is 0 Å². The van der Waals surface area contributed by atoms with Crippen molar-refractivity contribution in [1.29, 1.82) is 0 Å². The van der Waals surface area contributed by atoms with Gasteiger partial charge in [-0.1, -0.05) is 12.2 Å². The van der Waals surface area contributed by atoms with Crippen molar-refractivity contribution in [3.8, 4) is 0 Å². The maximum absolute atomic E-state index is 10.2. The monoisotopic (exact) mass is 413 g/mol. The molecule has 1 fully saturated rings. The van der Waals surface area contributed by atoms with Crippen molar-refractivity contribution in [2.75, 3.05) is 18.6 Å². The highest BCUT2D eigenvalue weighted by atomic mass is 32.1. The van der Waals surface area contributed by atoms with Crippen molar-refractivity contribution in [3.63, 3.8) is 0 Å². The lowest BCUT2D eigenvalue weighted by Crippen LogP contribution is -2.28. The molecule has 5 rings (SSSR count). The first-order valence-corrected chi connectivity index (χ1v) is 9.16. The van der Waals surface area contributed by atoms with Crippen molar-refractivity contribution in [2.24, 2.45) is 20.0 Å². The van der Waals surface area contributed by atoms with Gasteiger partial charge >= 0.3 is 0 Å². The quantitative estimate of drug-likeness (QED) is 0.639.